The van der Waals surface area contributed by atoms with Gasteiger partial charge in [0.15, 0.2) is 0 Å². The second kappa shape index (κ2) is 18.3. The Kier molecular flexibility index (Phi) is 14.0. The van der Waals surface area contributed by atoms with E-state index in [0.29, 0.717) is 30.6 Å². The van der Waals surface area contributed by atoms with Crippen LogP contribution in [0.3, 0.4) is 0 Å². The summed E-state index contributed by atoms with van der Waals surface area (Å²) in [7, 11) is -2.66. The SMILES string of the molecule is COC(=O)N[C@H](C(=O)Nc1ccccc1CC[C@@H](CCO)N(CCC(C)C)S(=O)(=O)c1ccc(N)cc1)C(c1ccccc1)c1ccccc1. The van der Waals surface area contributed by atoms with Crippen molar-refractivity contribution in [1.82, 2.24) is 9.62 Å². The molecule has 4 rings (SSSR count). The molecule has 266 valence electrons. The average molecular weight is 701 g/mol. The lowest BCUT2D eigenvalue weighted by Gasteiger charge is -2.32. The van der Waals surface area contributed by atoms with Gasteiger partial charge in [-0.15, -0.1) is 0 Å². The zero-order valence-corrected chi connectivity index (χ0v) is 29.7. The second-order valence-corrected chi connectivity index (χ2v) is 14.5. The molecule has 0 bridgehead atoms. The number of rotatable bonds is 17. The van der Waals surface area contributed by atoms with Crippen molar-refractivity contribution in [2.24, 2.45) is 5.92 Å². The van der Waals surface area contributed by atoms with E-state index < -0.39 is 40.0 Å². The van der Waals surface area contributed by atoms with Gasteiger partial charge in [0.05, 0.1) is 12.0 Å². The minimum Gasteiger partial charge on any atom is -0.453 e. The van der Waals surface area contributed by atoms with E-state index in [9.17, 15) is 23.1 Å². The standard InChI is InChI=1S/C39H48N4O6S/c1-28(2)24-26-43(50(47,48)34-22-19-32(40)20-23-34)33(25-27-44)21-18-29-12-10-11-17-35(29)41-38(45)37(42-39(46)49-3)36(30-13-6-4-7-14-30)31-15-8-5-9-16-31/h4-17,19-20,22-23,28,33,36-37,44H,18,21,24-27,40H2,1-3H3,(H,41,45)(H,42,46)/t33-,37-/m0/s1. The Morgan fingerprint density at radius 2 is 1.40 bits per heavy atom. The number of alkyl carbamates (subject to hydrolysis) is 1. The molecule has 5 N–H and O–H groups in total. The molecular weight excluding hydrogens is 653 g/mol. The van der Waals surface area contributed by atoms with Crippen molar-refractivity contribution in [1.29, 1.82) is 0 Å². The van der Waals surface area contributed by atoms with E-state index in [4.69, 9.17) is 10.5 Å². The molecule has 4 aromatic rings. The summed E-state index contributed by atoms with van der Waals surface area (Å²) in [5.74, 6) is -0.727. The van der Waals surface area contributed by atoms with E-state index in [0.717, 1.165) is 16.7 Å². The third-order valence-electron chi connectivity index (χ3n) is 8.70. The highest BCUT2D eigenvalue weighted by molar-refractivity contribution is 7.89. The number of para-hydroxylation sites is 1. The number of carbonyl (C=O) groups excluding carboxylic acids is 2. The first-order chi connectivity index (χ1) is 24.0. The molecule has 0 aliphatic rings. The Bertz CT molecular complexity index is 1730. The number of nitrogen functional groups attached to an aromatic ring is 1. The number of hydrogen-bond acceptors (Lipinski definition) is 7. The number of anilines is 2. The average Bonchev–Trinajstić information content (AvgIpc) is 3.11. The molecule has 50 heavy (non-hydrogen) atoms. The highest BCUT2D eigenvalue weighted by atomic mass is 32.2. The lowest BCUT2D eigenvalue weighted by atomic mass is 9.84. The third kappa shape index (κ3) is 10.2. The van der Waals surface area contributed by atoms with Crippen LogP contribution in [0.4, 0.5) is 16.2 Å². The molecular formula is C39H48N4O6S. The van der Waals surface area contributed by atoms with Crippen LogP contribution in [-0.2, 0) is 26.0 Å². The van der Waals surface area contributed by atoms with Gasteiger partial charge in [-0.2, -0.15) is 4.31 Å². The Morgan fingerprint density at radius 1 is 0.820 bits per heavy atom. The quantitative estimate of drug-likeness (QED) is 0.0960. The van der Waals surface area contributed by atoms with Gasteiger partial charge < -0.3 is 26.2 Å². The van der Waals surface area contributed by atoms with Gasteiger partial charge in [0.2, 0.25) is 15.9 Å². The Morgan fingerprint density at radius 3 is 1.96 bits per heavy atom. The summed E-state index contributed by atoms with van der Waals surface area (Å²) in [6.45, 7) is 4.17. The van der Waals surface area contributed by atoms with Gasteiger partial charge in [-0.1, -0.05) is 92.7 Å². The summed E-state index contributed by atoms with van der Waals surface area (Å²) in [4.78, 5) is 27.0. The van der Waals surface area contributed by atoms with Crippen molar-refractivity contribution in [2.75, 3.05) is 31.3 Å². The van der Waals surface area contributed by atoms with Crippen molar-refractivity contribution < 1.29 is 27.9 Å². The first-order valence-corrected chi connectivity index (χ1v) is 18.3. The van der Waals surface area contributed by atoms with Gasteiger partial charge in [-0.05, 0) is 78.6 Å². The number of aryl methyl sites for hydroxylation is 1. The van der Waals surface area contributed by atoms with Crippen molar-refractivity contribution >= 4 is 33.4 Å². The third-order valence-corrected chi connectivity index (χ3v) is 10.7. The topological polar surface area (TPSA) is 151 Å². The zero-order valence-electron chi connectivity index (χ0n) is 28.9. The van der Waals surface area contributed by atoms with Crippen LogP contribution in [-0.4, -0.2) is 62.2 Å². The number of amides is 2. The van der Waals surface area contributed by atoms with E-state index in [1.165, 1.54) is 23.5 Å². The van der Waals surface area contributed by atoms with Crippen molar-refractivity contribution in [3.63, 3.8) is 0 Å². The van der Waals surface area contributed by atoms with E-state index in [1.54, 1.807) is 24.3 Å². The van der Waals surface area contributed by atoms with Crippen LogP contribution >= 0.6 is 0 Å². The molecule has 0 fully saturated rings. The molecule has 0 saturated carbocycles. The largest absolute Gasteiger partial charge is 0.453 e. The fourth-order valence-electron chi connectivity index (χ4n) is 6.02. The minimum atomic E-state index is -3.91. The number of aliphatic hydroxyl groups is 1. The smallest absolute Gasteiger partial charge is 0.407 e. The predicted molar refractivity (Wildman–Crippen MR) is 197 cm³/mol. The van der Waals surface area contributed by atoms with E-state index in [1.807, 2.05) is 86.6 Å². The Labute approximate surface area is 295 Å². The van der Waals surface area contributed by atoms with Crippen LogP contribution in [0.15, 0.2) is 114 Å². The Hall–Kier alpha value is -4.71. The van der Waals surface area contributed by atoms with Crippen LogP contribution in [0.5, 0.6) is 0 Å². The predicted octanol–water partition coefficient (Wildman–Crippen LogP) is 6.18. The molecule has 0 spiro atoms. The van der Waals surface area contributed by atoms with Crippen LogP contribution < -0.4 is 16.4 Å². The molecule has 0 heterocycles. The van der Waals surface area contributed by atoms with Crippen LogP contribution in [0.25, 0.3) is 0 Å². The van der Waals surface area contributed by atoms with Gasteiger partial charge in [0, 0.05) is 36.5 Å². The number of aliphatic hydroxyl groups excluding tert-OH is 1. The number of nitrogens with two attached hydrogens (primary N) is 1. The van der Waals surface area contributed by atoms with Crippen LogP contribution in [0.2, 0.25) is 0 Å². The molecule has 0 aromatic heterocycles. The molecule has 0 aliphatic heterocycles. The first-order valence-electron chi connectivity index (χ1n) is 16.9. The monoisotopic (exact) mass is 700 g/mol. The number of sulfonamides is 1. The van der Waals surface area contributed by atoms with Crippen LogP contribution in [0, 0.1) is 5.92 Å². The number of hydrogen-bond donors (Lipinski definition) is 4. The van der Waals surface area contributed by atoms with E-state index >= 15 is 0 Å². The van der Waals surface area contributed by atoms with Gasteiger partial charge in [0.25, 0.3) is 0 Å². The molecule has 0 saturated heterocycles. The first kappa shape index (κ1) is 38.1. The maximum absolute atomic E-state index is 14.2. The van der Waals surface area contributed by atoms with Gasteiger partial charge in [-0.25, -0.2) is 13.2 Å². The lowest BCUT2D eigenvalue weighted by Crippen LogP contribution is -2.48. The fraction of sp³-hybridized carbons (Fsp3) is 0.333. The van der Waals surface area contributed by atoms with Crippen molar-refractivity contribution in [3.05, 3.63) is 126 Å². The highest BCUT2D eigenvalue weighted by Gasteiger charge is 2.34. The summed E-state index contributed by atoms with van der Waals surface area (Å²) in [5, 5.41) is 15.9. The summed E-state index contributed by atoms with van der Waals surface area (Å²) in [6, 6.07) is 30.9. The van der Waals surface area contributed by atoms with Crippen LogP contribution in [0.1, 0.15) is 55.7 Å². The molecule has 4 aromatic carbocycles. The van der Waals surface area contributed by atoms with Crippen molar-refractivity contribution in [2.45, 2.75) is 62.4 Å². The summed E-state index contributed by atoms with van der Waals surface area (Å²) < 4.78 is 34.4. The molecule has 0 unspecified atom stereocenters. The molecule has 10 nitrogen and oxygen atoms in total. The molecule has 0 radical (unpaired) electrons. The number of carbonyl (C=O) groups is 2. The number of nitrogens with zero attached hydrogens (tertiary/aromatic N) is 1. The van der Waals surface area contributed by atoms with E-state index in [2.05, 4.69) is 10.6 Å². The molecule has 0 aliphatic carbocycles. The van der Waals surface area contributed by atoms with Gasteiger partial charge >= 0.3 is 6.09 Å². The number of methoxy groups -OCH3 is 1. The number of nitrogens with one attached hydrogen (secondary N) is 2. The summed E-state index contributed by atoms with van der Waals surface area (Å²) >= 11 is 0. The highest BCUT2D eigenvalue weighted by Crippen LogP contribution is 2.31. The Balaban J connectivity index is 1.64. The summed E-state index contributed by atoms with van der Waals surface area (Å²) in [6.07, 6.45) is 0.932. The number of benzene rings is 4. The van der Waals surface area contributed by atoms with Gasteiger partial charge in [0.1, 0.15) is 6.04 Å². The van der Waals surface area contributed by atoms with Crippen molar-refractivity contribution in [3.8, 4) is 0 Å². The zero-order chi connectivity index (χ0) is 36.1. The maximum Gasteiger partial charge on any atom is 0.407 e. The minimum absolute atomic E-state index is 0.140. The normalized spacial score (nSPS) is 12.9. The molecule has 2 amide bonds. The lowest BCUT2D eigenvalue weighted by molar-refractivity contribution is -0.118. The van der Waals surface area contributed by atoms with Gasteiger partial charge in [-0.3, -0.25) is 4.79 Å². The number of ether oxygens (including phenoxy) is 1. The second-order valence-electron chi connectivity index (χ2n) is 12.6. The molecule has 11 heteroatoms. The van der Waals surface area contributed by atoms with E-state index in [-0.39, 0.29) is 30.4 Å². The molecule has 2 atom stereocenters. The maximum atomic E-state index is 14.2. The summed E-state index contributed by atoms with van der Waals surface area (Å²) in [5.41, 5.74) is 9.29. The fourth-order valence-corrected chi connectivity index (χ4v) is 7.72.